The maximum atomic E-state index is 10.5. The summed E-state index contributed by atoms with van der Waals surface area (Å²) in [7, 11) is -3.63. The molecule has 3 rings (SSSR count). The number of nitrogens with one attached hydrogen (secondary N) is 1. The fraction of sp³-hybridized carbons (Fsp3) is 0.533. The lowest BCUT2D eigenvalue weighted by molar-refractivity contribution is 0.00639. The molecule has 9 heteroatoms. The van der Waals surface area contributed by atoms with Crippen molar-refractivity contribution < 1.29 is 28.9 Å². The predicted octanol–water partition coefficient (Wildman–Crippen LogP) is 5.36. The highest BCUT2D eigenvalue weighted by Gasteiger charge is 2.32. The molecule has 0 heterocycles. The molecule has 7 nitrogen and oxygen atoms in total. The van der Waals surface area contributed by atoms with Crippen LogP contribution in [0.15, 0.2) is 54.6 Å². The molecule has 0 radical (unpaired) electrons. The van der Waals surface area contributed by atoms with Crippen molar-refractivity contribution in [1.82, 2.24) is 0 Å². The molecule has 0 aliphatic heterocycles. The van der Waals surface area contributed by atoms with Gasteiger partial charge in [0.1, 0.15) is 6.10 Å². The molecular formula is C30H47NO6Si2. The van der Waals surface area contributed by atoms with Gasteiger partial charge in [0, 0.05) is 30.8 Å². The third-order valence-corrected chi connectivity index (χ3v) is 14.3. The fourth-order valence-electron chi connectivity index (χ4n) is 4.95. The number of aliphatic hydroxyl groups is 3. The number of anilines is 1. The molecule has 216 valence electrons. The van der Waals surface area contributed by atoms with Gasteiger partial charge in [0.15, 0.2) is 16.6 Å². The van der Waals surface area contributed by atoms with E-state index in [4.69, 9.17) is 18.7 Å². The van der Waals surface area contributed by atoms with E-state index in [1.807, 2.05) is 6.07 Å². The van der Waals surface area contributed by atoms with Crippen LogP contribution in [0.1, 0.15) is 12.8 Å². The van der Waals surface area contributed by atoms with E-state index in [2.05, 4.69) is 80.0 Å². The zero-order valence-electron chi connectivity index (χ0n) is 24.0. The molecule has 0 aliphatic carbocycles. The number of benzene rings is 3. The van der Waals surface area contributed by atoms with Crippen molar-refractivity contribution in [3.8, 4) is 0 Å². The topological polar surface area (TPSA) is 100 Å². The number of ether oxygens (including phenoxy) is 2. The lowest BCUT2D eigenvalue weighted by Crippen LogP contribution is -2.44. The van der Waals surface area contributed by atoms with Crippen LogP contribution < -0.4 is 5.32 Å². The van der Waals surface area contributed by atoms with Gasteiger partial charge in [0.2, 0.25) is 0 Å². The SMILES string of the molecule is C[Si](C)(CCCOCC(O)CO)O[Si](C)(C)CCCOCC(O)CNc1cccc2cc3ccccc3cc12. The molecule has 0 spiro atoms. The summed E-state index contributed by atoms with van der Waals surface area (Å²) in [5.74, 6) is 0. The summed E-state index contributed by atoms with van der Waals surface area (Å²) in [4.78, 5) is 0. The Morgan fingerprint density at radius 1 is 0.744 bits per heavy atom. The molecule has 0 fully saturated rings. The first-order valence-electron chi connectivity index (χ1n) is 14.1. The maximum Gasteiger partial charge on any atom is 0.173 e. The molecule has 0 saturated carbocycles. The van der Waals surface area contributed by atoms with Crippen LogP contribution >= 0.6 is 0 Å². The summed E-state index contributed by atoms with van der Waals surface area (Å²) in [6.07, 6.45) is 0.422. The molecule has 0 aromatic heterocycles. The molecule has 3 aromatic rings. The lowest BCUT2D eigenvalue weighted by atomic mass is 10.0. The van der Waals surface area contributed by atoms with E-state index >= 15 is 0 Å². The second-order valence-electron chi connectivity index (χ2n) is 11.6. The second-order valence-corrected chi connectivity index (χ2v) is 20.4. The first kappa shape index (κ1) is 31.7. The van der Waals surface area contributed by atoms with Gasteiger partial charge >= 0.3 is 0 Å². The Morgan fingerprint density at radius 3 is 1.92 bits per heavy atom. The van der Waals surface area contributed by atoms with Gasteiger partial charge in [-0.15, -0.1) is 0 Å². The molecule has 39 heavy (non-hydrogen) atoms. The van der Waals surface area contributed by atoms with Gasteiger partial charge in [0.05, 0.1) is 25.9 Å². The zero-order chi connectivity index (χ0) is 28.3. The smallest absolute Gasteiger partial charge is 0.173 e. The van der Waals surface area contributed by atoms with Crippen molar-refractivity contribution in [3.63, 3.8) is 0 Å². The fourth-order valence-corrected chi connectivity index (χ4v) is 13.7. The Labute approximate surface area is 235 Å². The summed E-state index contributed by atoms with van der Waals surface area (Å²) < 4.78 is 17.9. The monoisotopic (exact) mass is 573 g/mol. The molecular weight excluding hydrogens is 527 g/mol. The lowest BCUT2D eigenvalue weighted by Gasteiger charge is -2.34. The van der Waals surface area contributed by atoms with Crippen LogP contribution in [0.3, 0.4) is 0 Å². The third kappa shape index (κ3) is 10.9. The molecule has 2 unspecified atom stereocenters. The summed E-state index contributed by atoms with van der Waals surface area (Å²) in [6.45, 7) is 10.8. The van der Waals surface area contributed by atoms with Crippen LogP contribution in [0.2, 0.25) is 38.3 Å². The Kier molecular flexibility index (Phi) is 12.4. The highest BCUT2D eigenvalue weighted by atomic mass is 28.4. The van der Waals surface area contributed by atoms with Gasteiger partial charge < -0.3 is 34.2 Å². The average molecular weight is 574 g/mol. The van der Waals surface area contributed by atoms with Gasteiger partial charge in [-0.25, -0.2) is 0 Å². The van der Waals surface area contributed by atoms with E-state index in [1.165, 1.54) is 16.2 Å². The summed E-state index contributed by atoms with van der Waals surface area (Å²) in [6, 6.07) is 21.0. The van der Waals surface area contributed by atoms with Crippen LogP contribution in [-0.2, 0) is 13.6 Å². The van der Waals surface area contributed by atoms with Crippen molar-refractivity contribution >= 4 is 43.9 Å². The van der Waals surface area contributed by atoms with Crippen LogP contribution in [-0.4, -0.2) is 83.7 Å². The standard InChI is InChI=1S/C30H47NO6Si2/c1-38(2,37-39(3,4)17-9-15-36-23-28(34)21-32)16-8-14-35-22-27(33)20-31-30-13-7-12-26-18-24-10-5-6-11-25(24)19-29(26)30/h5-7,10-13,18-19,27-28,31-34H,8-9,14-17,20-23H2,1-4H3. The van der Waals surface area contributed by atoms with E-state index in [0.29, 0.717) is 26.4 Å². The van der Waals surface area contributed by atoms with Gasteiger partial charge in [-0.1, -0.05) is 36.4 Å². The third-order valence-electron chi connectivity index (χ3n) is 6.79. The molecule has 0 bridgehead atoms. The van der Waals surface area contributed by atoms with Crippen LogP contribution in [0.5, 0.6) is 0 Å². The normalized spacial score (nSPS) is 14.1. The van der Waals surface area contributed by atoms with Gasteiger partial charge in [-0.05, 0) is 85.5 Å². The summed E-state index contributed by atoms with van der Waals surface area (Å²) >= 11 is 0. The Bertz CT molecular complexity index is 1160. The van der Waals surface area contributed by atoms with Crippen LogP contribution in [0, 0.1) is 0 Å². The van der Waals surface area contributed by atoms with Gasteiger partial charge in [0.25, 0.3) is 0 Å². The minimum atomic E-state index is -1.82. The largest absolute Gasteiger partial charge is 0.455 e. The van der Waals surface area contributed by atoms with Crippen LogP contribution in [0.25, 0.3) is 21.5 Å². The molecule has 0 aliphatic rings. The number of hydrogen-bond donors (Lipinski definition) is 4. The van der Waals surface area contributed by atoms with Gasteiger partial charge in [-0.2, -0.15) is 0 Å². The molecule has 0 saturated heterocycles. The zero-order valence-corrected chi connectivity index (χ0v) is 26.0. The van der Waals surface area contributed by atoms with E-state index in [-0.39, 0.29) is 13.2 Å². The summed E-state index contributed by atoms with van der Waals surface area (Å²) in [5.41, 5.74) is 1.02. The number of hydrogen-bond acceptors (Lipinski definition) is 7. The first-order chi connectivity index (χ1) is 18.6. The van der Waals surface area contributed by atoms with Gasteiger partial charge in [-0.3, -0.25) is 0 Å². The summed E-state index contributed by atoms with van der Waals surface area (Å²) in [5, 5.41) is 36.8. The Balaban J connectivity index is 1.34. The number of rotatable bonds is 18. The molecule has 3 aromatic carbocycles. The van der Waals surface area contributed by atoms with Crippen molar-refractivity contribution in [2.24, 2.45) is 0 Å². The highest BCUT2D eigenvalue weighted by Crippen LogP contribution is 2.28. The maximum absolute atomic E-state index is 10.5. The minimum Gasteiger partial charge on any atom is -0.455 e. The van der Waals surface area contributed by atoms with Crippen molar-refractivity contribution in [2.75, 3.05) is 44.9 Å². The molecule has 0 amide bonds. The Hall–Kier alpha value is -1.83. The van der Waals surface area contributed by atoms with Crippen molar-refractivity contribution in [3.05, 3.63) is 54.6 Å². The molecule has 4 N–H and O–H groups in total. The van der Waals surface area contributed by atoms with Crippen molar-refractivity contribution in [1.29, 1.82) is 0 Å². The number of fused-ring (bicyclic) bond motifs is 2. The van der Waals surface area contributed by atoms with E-state index in [9.17, 15) is 10.2 Å². The average Bonchev–Trinajstić information content (AvgIpc) is 2.89. The van der Waals surface area contributed by atoms with E-state index in [0.717, 1.165) is 36.0 Å². The Morgan fingerprint density at radius 2 is 1.31 bits per heavy atom. The minimum absolute atomic E-state index is 0.172. The van der Waals surface area contributed by atoms with Crippen molar-refractivity contribution in [2.45, 2.75) is 63.3 Å². The molecule has 2 atom stereocenters. The highest BCUT2D eigenvalue weighted by molar-refractivity contribution is 6.84. The van der Waals surface area contributed by atoms with E-state index in [1.54, 1.807) is 0 Å². The predicted molar refractivity (Wildman–Crippen MR) is 166 cm³/mol. The van der Waals surface area contributed by atoms with Crippen LogP contribution in [0.4, 0.5) is 5.69 Å². The quantitative estimate of drug-likeness (QED) is 0.0924. The second kappa shape index (κ2) is 15.2. The van der Waals surface area contributed by atoms with E-state index < -0.39 is 28.8 Å². The number of aliphatic hydroxyl groups excluding tert-OH is 3. The first-order valence-corrected chi connectivity index (χ1v) is 20.3.